The van der Waals surface area contributed by atoms with Crippen molar-refractivity contribution >= 4 is 23.5 Å². The minimum absolute atomic E-state index is 0. The molecule has 216 valence electrons. The summed E-state index contributed by atoms with van der Waals surface area (Å²) in [5.74, 6) is 2.91. The van der Waals surface area contributed by atoms with Crippen LogP contribution in [0.1, 0.15) is 152 Å². The molecular weight excluding hydrogens is 605 g/mol. The van der Waals surface area contributed by atoms with Crippen LogP contribution in [0.2, 0.25) is 0 Å². The van der Waals surface area contributed by atoms with Gasteiger partial charge in [-0.2, -0.15) is 0 Å². The SMILES string of the molecule is CC(C)c1cc(C(C)C)c(Sc2cccc(Sc3c(C(C)C)cc(C(C)C)cc3C(C)C)n2)c(C(C)C)c1.[Pd]. The molecule has 0 N–H and O–H groups in total. The quantitative estimate of drug-likeness (QED) is 0.202. The maximum atomic E-state index is 5.21. The van der Waals surface area contributed by atoms with Crippen molar-refractivity contribution in [3.8, 4) is 0 Å². The molecule has 0 radical (unpaired) electrons. The van der Waals surface area contributed by atoms with E-state index in [0.29, 0.717) is 35.5 Å². The van der Waals surface area contributed by atoms with Gasteiger partial charge in [0.1, 0.15) is 10.1 Å². The third-order valence-electron chi connectivity index (χ3n) is 7.27. The van der Waals surface area contributed by atoms with E-state index in [4.69, 9.17) is 4.98 Å². The Labute approximate surface area is 261 Å². The van der Waals surface area contributed by atoms with Gasteiger partial charge in [0.25, 0.3) is 0 Å². The number of aromatic nitrogens is 1. The molecule has 0 spiro atoms. The summed E-state index contributed by atoms with van der Waals surface area (Å²) >= 11 is 3.69. The average molecular weight is 654 g/mol. The fourth-order valence-electron chi connectivity index (χ4n) is 4.73. The van der Waals surface area contributed by atoms with E-state index < -0.39 is 0 Å². The van der Waals surface area contributed by atoms with Gasteiger partial charge in [0.2, 0.25) is 0 Å². The fraction of sp³-hybridized carbons (Fsp3) is 0.514. The third kappa shape index (κ3) is 8.48. The number of benzene rings is 2. The topological polar surface area (TPSA) is 12.9 Å². The Kier molecular flexibility index (Phi) is 12.9. The molecule has 0 amide bonds. The molecule has 3 rings (SSSR count). The maximum absolute atomic E-state index is 5.21. The molecule has 0 saturated carbocycles. The van der Waals surface area contributed by atoms with E-state index in [2.05, 4.69) is 126 Å². The van der Waals surface area contributed by atoms with E-state index in [-0.39, 0.29) is 20.4 Å². The van der Waals surface area contributed by atoms with Crippen molar-refractivity contribution in [2.24, 2.45) is 0 Å². The molecule has 0 unspecified atom stereocenters. The predicted molar refractivity (Wildman–Crippen MR) is 170 cm³/mol. The van der Waals surface area contributed by atoms with Crippen LogP contribution in [0.15, 0.2) is 62.3 Å². The van der Waals surface area contributed by atoms with Crippen LogP contribution in [0.5, 0.6) is 0 Å². The summed E-state index contributed by atoms with van der Waals surface area (Å²) in [5.41, 5.74) is 8.64. The second-order valence-corrected chi connectivity index (χ2v) is 14.6. The van der Waals surface area contributed by atoms with Crippen LogP contribution in [0, 0.1) is 0 Å². The zero-order valence-corrected chi connectivity index (χ0v) is 29.3. The molecule has 3 aromatic rings. The summed E-state index contributed by atoms with van der Waals surface area (Å²) in [6.07, 6.45) is 0. The van der Waals surface area contributed by atoms with Crippen LogP contribution >= 0.6 is 23.5 Å². The average Bonchev–Trinajstić information content (AvgIpc) is 2.83. The summed E-state index contributed by atoms with van der Waals surface area (Å²) in [5, 5.41) is 2.15. The molecule has 2 aromatic carbocycles. The van der Waals surface area contributed by atoms with Gasteiger partial charge in [0, 0.05) is 30.2 Å². The van der Waals surface area contributed by atoms with Crippen molar-refractivity contribution in [2.75, 3.05) is 0 Å². The molecule has 0 aliphatic heterocycles. The first kappa shape index (κ1) is 34.2. The Morgan fingerprint density at radius 3 is 0.974 bits per heavy atom. The van der Waals surface area contributed by atoms with E-state index in [1.165, 1.54) is 43.2 Å². The van der Waals surface area contributed by atoms with Crippen molar-refractivity contribution in [2.45, 2.75) is 138 Å². The predicted octanol–water partition coefficient (Wildman–Crippen LogP) is 12.1. The van der Waals surface area contributed by atoms with Crippen LogP contribution in [-0.2, 0) is 20.4 Å². The molecule has 0 bridgehead atoms. The third-order valence-corrected chi connectivity index (χ3v) is 9.49. The second kappa shape index (κ2) is 14.7. The van der Waals surface area contributed by atoms with Crippen LogP contribution in [0.3, 0.4) is 0 Å². The van der Waals surface area contributed by atoms with Gasteiger partial charge >= 0.3 is 0 Å². The Balaban J connectivity index is 0.00000533. The van der Waals surface area contributed by atoms with Gasteiger partial charge in [-0.25, -0.2) is 4.98 Å². The smallest absolute Gasteiger partial charge is 0.102 e. The van der Waals surface area contributed by atoms with Crippen LogP contribution in [-0.4, -0.2) is 4.98 Å². The molecule has 0 atom stereocenters. The first-order valence-corrected chi connectivity index (χ1v) is 16.1. The number of pyridine rings is 1. The molecule has 1 heterocycles. The minimum Gasteiger partial charge on any atom is -0.234 e. The molecule has 0 saturated heterocycles. The maximum Gasteiger partial charge on any atom is 0.102 e. The van der Waals surface area contributed by atoms with E-state index in [1.54, 1.807) is 0 Å². The van der Waals surface area contributed by atoms with Crippen molar-refractivity contribution in [3.05, 3.63) is 75.8 Å². The van der Waals surface area contributed by atoms with E-state index in [0.717, 1.165) is 10.1 Å². The first-order chi connectivity index (χ1) is 17.8. The van der Waals surface area contributed by atoms with Gasteiger partial charge in [-0.15, -0.1) is 0 Å². The van der Waals surface area contributed by atoms with Gasteiger partial charge in [-0.3, -0.25) is 0 Å². The minimum atomic E-state index is 0. The van der Waals surface area contributed by atoms with Crippen molar-refractivity contribution in [1.29, 1.82) is 0 Å². The van der Waals surface area contributed by atoms with E-state index in [1.807, 2.05) is 23.5 Å². The standard InChI is InChI=1S/C35H49NS2.Pd/c1-20(2)26-16-28(22(5)6)34(29(17-26)23(7)8)37-32-14-13-15-33(36-32)38-35-30(24(9)10)18-27(21(3)4)19-31(35)25(11)12;/h13-25H,1-12H3;. The van der Waals surface area contributed by atoms with E-state index in [9.17, 15) is 0 Å². The first-order valence-electron chi connectivity index (χ1n) is 14.5. The number of rotatable bonds is 10. The van der Waals surface area contributed by atoms with Gasteiger partial charge in [-0.1, -0.05) is 137 Å². The molecule has 39 heavy (non-hydrogen) atoms. The largest absolute Gasteiger partial charge is 0.234 e. The Morgan fingerprint density at radius 1 is 0.462 bits per heavy atom. The number of nitrogens with zero attached hydrogens (tertiary/aromatic N) is 1. The monoisotopic (exact) mass is 653 g/mol. The summed E-state index contributed by atoms with van der Waals surface area (Å²) in [6.45, 7) is 27.7. The van der Waals surface area contributed by atoms with Crippen molar-refractivity contribution in [1.82, 2.24) is 4.98 Å². The zero-order valence-electron chi connectivity index (χ0n) is 26.1. The molecule has 0 aliphatic carbocycles. The summed E-state index contributed by atoms with van der Waals surface area (Å²) < 4.78 is 0. The normalized spacial score (nSPS) is 11.9. The molecule has 0 aliphatic rings. The number of hydrogen-bond donors (Lipinski definition) is 0. The van der Waals surface area contributed by atoms with Crippen LogP contribution in [0.4, 0.5) is 0 Å². The molecule has 1 nitrogen and oxygen atoms in total. The number of hydrogen-bond acceptors (Lipinski definition) is 3. The fourth-order valence-corrected chi connectivity index (χ4v) is 7.44. The van der Waals surface area contributed by atoms with Gasteiger partial charge in [0.05, 0.1) is 0 Å². The van der Waals surface area contributed by atoms with Crippen molar-refractivity contribution in [3.63, 3.8) is 0 Å². The second-order valence-electron chi connectivity index (χ2n) is 12.5. The Hall–Kier alpha value is -1.05. The molecular formula is C35H49NPdS2. The summed E-state index contributed by atoms with van der Waals surface area (Å²) in [4.78, 5) is 7.99. The van der Waals surface area contributed by atoms with Crippen molar-refractivity contribution < 1.29 is 20.4 Å². The van der Waals surface area contributed by atoms with E-state index >= 15 is 0 Å². The summed E-state index contributed by atoms with van der Waals surface area (Å²) in [7, 11) is 0. The van der Waals surface area contributed by atoms with Gasteiger partial charge < -0.3 is 0 Å². The Bertz CT molecular complexity index is 1090. The van der Waals surface area contributed by atoms with Crippen LogP contribution in [0.25, 0.3) is 0 Å². The zero-order chi connectivity index (χ0) is 28.3. The van der Waals surface area contributed by atoms with Crippen LogP contribution < -0.4 is 0 Å². The van der Waals surface area contributed by atoms with Gasteiger partial charge in [0.15, 0.2) is 0 Å². The molecule has 4 heteroatoms. The Morgan fingerprint density at radius 2 is 0.744 bits per heavy atom. The molecule has 0 fully saturated rings. The summed E-state index contributed by atoms with van der Waals surface area (Å²) in [6, 6.07) is 16.3. The molecule has 1 aromatic heterocycles. The van der Waals surface area contributed by atoms with Gasteiger partial charge in [-0.05, 0) is 81.0 Å².